The molecular weight excluding hydrogens is 392 g/mol. The lowest BCUT2D eigenvalue weighted by atomic mass is 10.1. The second-order valence-electron chi connectivity index (χ2n) is 7.83. The van der Waals surface area contributed by atoms with E-state index in [9.17, 15) is 4.79 Å². The third-order valence-electron chi connectivity index (χ3n) is 5.63. The summed E-state index contributed by atoms with van der Waals surface area (Å²) in [5.41, 5.74) is 3.40. The summed E-state index contributed by atoms with van der Waals surface area (Å²) < 4.78 is 13.0. The number of allylic oxidation sites excluding steroid dienone is 1. The number of benzene rings is 2. The van der Waals surface area contributed by atoms with Crippen LogP contribution in [0.25, 0.3) is 16.6 Å². The van der Waals surface area contributed by atoms with Crippen LogP contribution in [0.5, 0.6) is 11.5 Å². The SMILES string of the molecule is COc1cc(OC)cc(N2CCCC(=O)C(c3nc4ccccc4n3C)=C2N(C)C)c1. The van der Waals surface area contributed by atoms with Crippen LogP contribution in [-0.4, -0.2) is 55.1 Å². The zero-order valence-corrected chi connectivity index (χ0v) is 18.7. The van der Waals surface area contributed by atoms with Crippen LogP contribution in [0.1, 0.15) is 18.7 Å². The molecule has 0 spiro atoms. The lowest BCUT2D eigenvalue weighted by Gasteiger charge is -2.32. The molecular formula is C24H28N4O3. The Bertz CT molecular complexity index is 1140. The molecule has 0 bridgehead atoms. The van der Waals surface area contributed by atoms with Gasteiger partial charge in [-0.3, -0.25) is 4.79 Å². The summed E-state index contributed by atoms with van der Waals surface area (Å²) >= 11 is 0. The Morgan fingerprint density at radius 2 is 1.71 bits per heavy atom. The van der Waals surface area contributed by atoms with Gasteiger partial charge in [-0.05, 0) is 18.6 Å². The molecule has 0 radical (unpaired) electrons. The number of carbonyl (C=O) groups excluding carboxylic acids is 1. The van der Waals surface area contributed by atoms with Gasteiger partial charge < -0.3 is 23.8 Å². The van der Waals surface area contributed by atoms with Crippen molar-refractivity contribution in [2.24, 2.45) is 7.05 Å². The summed E-state index contributed by atoms with van der Waals surface area (Å²) in [5, 5.41) is 0. The summed E-state index contributed by atoms with van der Waals surface area (Å²) in [6.07, 6.45) is 1.20. The van der Waals surface area contributed by atoms with Crippen molar-refractivity contribution in [2.75, 3.05) is 39.8 Å². The molecule has 0 saturated carbocycles. The minimum Gasteiger partial charge on any atom is -0.497 e. The molecule has 0 N–H and O–H groups in total. The van der Waals surface area contributed by atoms with E-state index in [0.29, 0.717) is 35.9 Å². The Hall–Kier alpha value is -3.48. The van der Waals surface area contributed by atoms with Gasteiger partial charge in [0.25, 0.3) is 0 Å². The van der Waals surface area contributed by atoms with E-state index < -0.39 is 0 Å². The van der Waals surface area contributed by atoms with Crippen molar-refractivity contribution in [1.82, 2.24) is 14.5 Å². The number of ketones is 1. The minimum absolute atomic E-state index is 0.0967. The number of aryl methyl sites for hydroxylation is 1. The summed E-state index contributed by atoms with van der Waals surface area (Å²) in [5.74, 6) is 2.99. The van der Waals surface area contributed by atoms with E-state index >= 15 is 0 Å². The highest BCUT2D eigenvalue weighted by molar-refractivity contribution is 6.21. The van der Waals surface area contributed by atoms with Gasteiger partial charge in [0.05, 0.1) is 25.3 Å². The molecule has 162 valence electrons. The van der Waals surface area contributed by atoms with Crippen LogP contribution in [0.2, 0.25) is 0 Å². The average molecular weight is 421 g/mol. The third kappa shape index (κ3) is 3.71. The molecule has 0 saturated heterocycles. The molecule has 1 aliphatic rings. The largest absolute Gasteiger partial charge is 0.497 e. The van der Waals surface area contributed by atoms with Gasteiger partial charge in [-0.25, -0.2) is 4.98 Å². The zero-order valence-electron chi connectivity index (χ0n) is 18.7. The number of fused-ring (bicyclic) bond motifs is 1. The Morgan fingerprint density at radius 3 is 2.32 bits per heavy atom. The minimum atomic E-state index is 0.0967. The van der Waals surface area contributed by atoms with E-state index in [2.05, 4.69) is 4.90 Å². The number of para-hydroxylation sites is 2. The van der Waals surface area contributed by atoms with E-state index in [4.69, 9.17) is 14.5 Å². The molecule has 0 aliphatic carbocycles. The number of methoxy groups -OCH3 is 2. The molecule has 7 nitrogen and oxygen atoms in total. The average Bonchev–Trinajstić information content (AvgIpc) is 2.99. The highest BCUT2D eigenvalue weighted by Gasteiger charge is 2.31. The Kier molecular flexibility index (Phi) is 5.59. The first-order chi connectivity index (χ1) is 14.9. The van der Waals surface area contributed by atoms with E-state index in [-0.39, 0.29) is 5.78 Å². The standard InChI is InChI=1S/C24H28N4O3/c1-26(2)24-22(23-25-19-9-6-7-10-20(19)27(23)3)21(29)11-8-12-28(24)16-13-17(30-4)15-18(14-16)31-5/h6-7,9-10,13-15H,8,11-12H2,1-5H3. The molecule has 7 heteroatoms. The predicted octanol–water partition coefficient (Wildman–Crippen LogP) is 3.69. The molecule has 4 rings (SSSR count). The Labute approximate surface area is 182 Å². The number of aromatic nitrogens is 2. The predicted molar refractivity (Wildman–Crippen MR) is 122 cm³/mol. The first kappa shape index (κ1) is 20.8. The van der Waals surface area contributed by atoms with Gasteiger partial charge in [-0.2, -0.15) is 0 Å². The fourth-order valence-electron chi connectivity index (χ4n) is 4.15. The van der Waals surface area contributed by atoms with Gasteiger partial charge in [0.2, 0.25) is 0 Å². The molecule has 0 unspecified atom stereocenters. The van der Waals surface area contributed by atoms with Gasteiger partial charge in [0.1, 0.15) is 28.7 Å². The van der Waals surface area contributed by atoms with Crippen molar-refractivity contribution in [3.05, 3.63) is 54.1 Å². The maximum Gasteiger partial charge on any atom is 0.170 e. The smallest absolute Gasteiger partial charge is 0.170 e. The number of hydrogen-bond acceptors (Lipinski definition) is 6. The molecule has 0 amide bonds. The Balaban J connectivity index is 1.98. The number of ether oxygens (including phenoxy) is 2. The molecule has 1 aliphatic heterocycles. The number of nitrogens with zero attached hydrogens (tertiary/aromatic N) is 4. The second kappa shape index (κ2) is 8.34. The van der Waals surface area contributed by atoms with Gasteiger partial charge in [-0.1, -0.05) is 12.1 Å². The first-order valence-electron chi connectivity index (χ1n) is 10.3. The normalized spacial score (nSPS) is 14.7. The van der Waals surface area contributed by atoms with Crippen LogP contribution in [0.4, 0.5) is 5.69 Å². The number of hydrogen-bond donors (Lipinski definition) is 0. The molecule has 2 aromatic carbocycles. The summed E-state index contributed by atoms with van der Waals surface area (Å²) in [6, 6.07) is 13.7. The van der Waals surface area contributed by atoms with Gasteiger partial charge in [-0.15, -0.1) is 0 Å². The van der Waals surface area contributed by atoms with Crippen LogP contribution >= 0.6 is 0 Å². The van der Waals surface area contributed by atoms with Crippen LogP contribution < -0.4 is 14.4 Å². The Morgan fingerprint density at radius 1 is 1.03 bits per heavy atom. The van der Waals surface area contributed by atoms with Crippen molar-refractivity contribution < 1.29 is 14.3 Å². The number of rotatable bonds is 5. The monoisotopic (exact) mass is 420 g/mol. The first-order valence-corrected chi connectivity index (χ1v) is 10.3. The quantitative estimate of drug-likeness (QED) is 0.627. The maximum atomic E-state index is 13.4. The van der Waals surface area contributed by atoms with Crippen LogP contribution in [0, 0.1) is 0 Å². The number of imidazole rings is 1. The van der Waals surface area contributed by atoms with E-state index in [1.54, 1.807) is 14.2 Å². The van der Waals surface area contributed by atoms with Crippen LogP contribution in [0.15, 0.2) is 48.3 Å². The van der Waals surface area contributed by atoms with E-state index in [1.165, 1.54) is 0 Å². The highest BCUT2D eigenvalue weighted by atomic mass is 16.5. The second-order valence-corrected chi connectivity index (χ2v) is 7.83. The lowest BCUT2D eigenvalue weighted by Crippen LogP contribution is -2.33. The fourth-order valence-corrected chi connectivity index (χ4v) is 4.15. The topological polar surface area (TPSA) is 59.8 Å². The molecule has 3 aromatic rings. The van der Waals surface area contributed by atoms with Crippen molar-refractivity contribution in [1.29, 1.82) is 0 Å². The number of Topliss-reactive ketones (excluding diaryl/α,β-unsaturated/α-hetero) is 1. The molecule has 0 fully saturated rings. The third-order valence-corrected chi connectivity index (χ3v) is 5.63. The van der Waals surface area contributed by atoms with Crippen molar-refractivity contribution in [3.63, 3.8) is 0 Å². The summed E-state index contributed by atoms with van der Waals surface area (Å²) in [7, 11) is 9.15. The number of anilines is 1. The number of carbonyl (C=O) groups is 1. The summed E-state index contributed by atoms with van der Waals surface area (Å²) in [4.78, 5) is 22.4. The van der Waals surface area contributed by atoms with Crippen molar-refractivity contribution in [2.45, 2.75) is 12.8 Å². The highest BCUT2D eigenvalue weighted by Crippen LogP contribution is 2.36. The van der Waals surface area contributed by atoms with E-state index in [1.807, 2.05) is 73.1 Å². The van der Waals surface area contributed by atoms with Gasteiger partial charge >= 0.3 is 0 Å². The fraction of sp³-hybridized carbons (Fsp3) is 0.333. The molecule has 1 aromatic heterocycles. The molecule has 31 heavy (non-hydrogen) atoms. The van der Waals surface area contributed by atoms with Crippen LogP contribution in [-0.2, 0) is 11.8 Å². The maximum absolute atomic E-state index is 13.4. The van der Waals surface area contributed by atoms with Crippen LogP contribution in [0.3, 0.4) is 0 Å². The van der Waals surface area contributed by atoms with Crippen molar-refractivity contribution >= 4 is 28.1 Å². The molecule has 2 heterocycles. The van der Waals surface area contributed by atoms with Gasteiger partial charge in [0.15, 0.2) is 5.78 Å². The summed E-state index contributed by atoms with van der Waals surface area (Å²) in [6.45, 7) is 0.697. The lowest BCUT2D eigenvalue weighted by molar-refractivity contribution is -0.113. The van der Waals surface area contributed by atoms with Gasteiger partial charge in [0, 0.05) is 58.0 Å². The van der Waals surface area contributed by atoms with E-state index in [0.717, 1.165) is 29.0 Å². The molecule has 0 atom stereocenters. The zero-order chi connectivity index (χ0) is 22.1. The van der Waals surface area contributed by atoms with Crippen molar-refractivity contribution in [3.8, 4) is 11.5 Å².